The van der Waals surface area contributed by atoms with Crippen LogP contribution in [0.25, 0.3) is 0 Å². The minimum Gasteiger partial charge on any atom is -0.315 e. The van der Waals surface area contributed by atoms with Gasteiger partial charge in [0.15, 0.2) is 0 Å². The van der Waals surface area contributed by atoms with E-state index in [2.05, 4.69) is 55.5 Å². The average Bonchev–Trinajstić information content (AvgIpc) is 2.71. The van der Waals surface area contributed by atoms with Crippen molar-refractivity contribution in [1.82, 2.24) is 10.2 Å². The van der Waals surface area contributed by atoms with Gasteiger partial charge in [-0.1, -0.05) is 24.3 Å². The van der Waals surface area contributed by atoms with Crippen LogP contribution in [0, 0.1) is 6.92 Å². The Morgan fingerprint density at radius 3 is 2.62 bits per heavy atom. The summed E-state index contributed by atoms with van der Waals surface area (Å²) in [5.74, 6) is 0. The highest BCUT2D eigenvalue weighted by molar-refractivity contribution is 5.28. The molecule has 0 spiro atoms. The van der Waals surface area contributed by atoms with Crippen molar-refractivity contribution in [2.45, 2.75) is 25.3 Å². The van der Waals surface area contributed by atoms with Gasteiger partial charge in [0.2, 0.25) is 0 Å². The molecule has 1 aromatic carbocycles. The molecule has 0 aromatic heterocycles. The van der Waals surface area contributed by atoms with Crippen molar-refractivity contribution in [2.75, 3.05) is 27.2 Å². The van der Waals surface area contributed by atoms with Crippen molar-refractivity contribution in [1.29, 1.82) is 0 Å². The zero-order valence-electron chi connectivity index (χ0n) is 10.6. The fourth-order valence-corrected chi connectivity index (χ4v) is 2.58. The van der Waals surface area contributed by atoms with Crippen molar-refractivity contribution in [3.63, 3.8) is 0 Å². The molecular weight excluding hydrogens is 196 g/mol. The lowest BCUT2D eigenvalue weighted by Gasteiger charge is -2.36. The van der Waals surface area contributed by atoms with Crippen LogP contribution in [0.1, 0.15) is 17.5 Å². The first-order valence-corrected chi connectivity index (χ1v) is 6.07. The van der Waals surface area contributed by atoms with E-state index in [0.29, 0.717) is 5.54 Å². The molecule has 2 rings (SSSR count). The van der Waals surface area contributed by atoms with Gasteiger partial charge in [-0.25, -0.2) is 0 Å². The predicted octanol–water partition coefficient (Wildman–Crippen LogP) is 1.83. The molecule has 1 saturated heterocycles. The molecule has 1 atom stereocenters. The summed E-state index contributed by atoms with van der Waals surface area (Å²) in [6, 6.07) is 8.74. The molecule has 1 heterocycles. The normalized spacial score (nSPS) is 25.2. The molecule has 1 aromatic rings. The highest BCUT2D eigenvalue weighted by Crippen LogP contribution is 2.26. The monoisotopic (exact) mass is 218 g/mol. The maximum absolute atomic E-state index is 3.49. The Labute approximate surface area is 98.7 Å². The fourth-order valence-electron chi connectivity index (χ4n) is 2.58. The topological polar surface area (TPSA) is 15.3 Å². The van der Waals surface area contributed by atoms with Gasteiger partial charge in [0, 0.05) is 12.1 Å². The lowest BCUT2D eigenvalue weighted by molar-refractivity contribution is 0.172. The minimum atomic E-state index is 0.312. The van der Waals surface area contributed by atoms with Gasteiger partial charge in [0.1, 0.15) is 0 Å². The van der Waals surface area contributed by atoms with Crippen molar-refractivity contribution in [3.8, 4) is 0 Å². The van der Waals surface area contributed by atoms with Crippen LogP contribution in [0.2, 0.25) is 0 Å². The summed E-state index contributed by atoms with van der Waals surface area (Å²) in [6.45, 7) is 4.46. The van der Waals surface area contributed by atoms with E-state index in [0.717, 1.165) is 19.5 Å². The van der Waals surface area contributed by atoms with Gasteiger partial charge in [0.05, 0.1) is 0 Å². The largest absolute Gasteiger partial charge is 0.315 e. The summed E-state index contributed by atoms with van der Waals surface area (Å²) < 4.78 is 0. The van der Waals surface area contributed by atoms with Crippen molar-refractivity contribution >= 4 is 0 Å². The summed E-state index contributed by atoms with van der Waals surface area (Å²) in [6.07, 6.45) is 2.40. The fraction of sp³-hybridized carbons (Fsp3) is 0.571. The average molecular weight is 218 g/mol. The van der Waals surface area contributed by atoms with Crippen LogP contribution < -0.4 is 5.32 Å². The Bertz CT molecular complexity index is 352. The second kappa shape index (κ2) is 4.56. The van der Waals surface area contributed by atoms with Crippen LogP contribution in [-0.2, 0) is 6.42 Å². The van der Waals surface area contributed by atoms with Crippen LogP contribution in [0.3, 0.4) is 0 Å². The molecular formula is C14H22N2. The minimum absolute atomic E-state index is 0.312. The van der Waals surface area contributed by atoms with Crippen LogP contribution >= 0.6 is 0 Å². The zero-order valence-corrected chi connectivity index (χ0v) is 10.6. The number of hydrogen-bond acceptors (Lipinski definition) is 2. The first-order valence-electron chi connectivity index (χ1n) is 6.07. The van der Waals surface area contributed by atoms with Gasteiger partial charge in [-0.15, -0.1) is 0 Å². The quantitative estimate of drug-likeness (QED) is 0.832. The van der Waals surface area contributed by atoms with E-state index in [1.54, 1.807) is 0 Å². The van der Waals surface area contributed by atoms with Crippen molar-refractivity contribution in [2.24, 2.45) is 0 Å². The van der Waals surface area contributed by atoms with E-state index in [-0.39, 0.29) is 0 Å². The molecule has 1 N–H and O–H groups in total. The molecule has 0 bridgehead atoms. The third-order valence-electron chi connectivity index (χ3n) is 3.95. The zero-order chi connectivity index (χ0) is 11.6. The maximum Gasteiger partial charge on any atom is 0.0380 e. The molecule has 0 amide bonds. The molecule has 1 fully saturated rings. The van der Waals surface area contributed by atoms with E-state index in [1.165, 1.54) is 17.5 Å². The maximum atomic E-state index is 3.49. The second-order valence-electron chi connectivity index (χ2n) is 5.15. The number of likely N-dealkylation sites (N-methyl/N-ethyl adjacent to an activating group) is 1. The number of rotatable bonds is 3. The molecule has 0 aliphatic carbocycles. The van der Waals surface area contributed by atoms with Crippen LogP contribution in [0.4, 0.5) is 0 Å². The molecule has 1 aliphatic rings. The summed E-state index contributed by atoms with van der Waals surface area (Å²) in [5.41, 5.74) is 3.21. The molecule has 2 heteroatoms. The molecule has 1 unspecified atom stereocenters. The van der Waals surface area contributed by atoms with Gasteiger partial charge in [-0.3, -0.25) is 0 Å². The van der Waals surface area contributed by atoms with Crippen LogP contribution in [0.5, 0.6) is 0 Å². The Kier molecular flexibility index (Phi) is 3.31. The number of benzene rings is 1. The molecule has 16 heavy (non-hydrogen) atoms. The highest BCUT2D eigenvalue weighted by atomic mass is 15.2. The Morgan fingerprint density at radius 1 is 1.31 bits per heavy atom. The summed E-state index contributed by atoms with van der Waals surface area (Å²) in [7, 11) is 4.40. The van der Waals surface area contributed by atoms with Crippen LogP contribution in [-0.4, -0.2) is 37.6 Å². The molecule has 0 saturated carbocycles. The van der Waals surface area contributed by atoms with E-state index in [9.17, 15) is 0 Å². The predicted molar refractivity (Wildman–Crippen MR) is 68.8 cm³/mol. The SMILES string of the molecule is Cc1ccccc1CC1(N(C)C)CCNC1. The lowest BCUT2D eigenvalue weighted by atomic mass is 9.87. The first-order chi connectivity index (χ1) is 7.64. The number of nitrogens with one attached hydrogen (secondary N) is 1. The van der Waals surface area contributed by atoms with Crippen LogP contribution in [0.15, 0.2) is 24.3 Å². The number of aryl methyl sites for hydroxylation is 1. The lowest BCUT2D eigenvalue weighted by Crippen LogP contribution is -2.48. The van der Waals surface area contributed by atoms with Crippen molar-refractivity contribution in [3.05, 3.63) is 35.4 Å². The Hall–Kier alpha value is -0.860. The summed E-state index contributed by atoms with van der Waals surface area (Å²) in [5, 5.41) is 3.49. The third-order valence-corrected chi connectivity index (χ3v) is 3.95. The van der Waals surface area contributed by atoms with E-state index >= 15 is 0 Å². The van der Waals surface area contributed by atoms with E-state index in [1.807, 2.05) is 0 Å². The Morgan fingerprint density at radius 2 is 2.06 bits per heavy atom. The molecule has 88 valence electrons. The number of nitrogens with zero attached hydrogens (tertiary/aromatic N) is 1. The number of hydrogen-bond donors (Lipinski definition) is 1. The molecule has 1 aliphatic heterocycles. The molecule has 2 nitrogen and oxygen atoms in total. The standard InChI is InChI=1S/C14H22N2/c1-12-6-4-5-7-13(12)10-14(16(2)3)8-9-15-11-14/h4-7,15H,8-11H2,1-3H3. The van der Waals surface area contributed by atoms with Gasteiger partial charge in [-0.05, 0) is 51.5 Å². The van der Waals surface area contributed by atoms with Gasteiger partial charge < -0.3 is 10.2 Å². The smallest absolute Gasteiger partial charge is 0.0380 e. The van der Waals surface area contributed by atoms with Gasteiger partial charge in [0.25, 0.3) is 0 Å². The van der Waals surface area contributed by atoms with Crippen molar-refractivity contribution < 1.29 is 0 Å². The summed E-state index contributed by atoms with van der Waals surface area (Å²) in [4.78, 5) is 2.39. The second-order valence-corrected chi connectivity index (χ2v) is 5.15. The molecule has 0 radical (unpaired) electrons. The summed E-state index contributed by atoms with van der Waals surface area (Å²) >= 11 is 0. The third kappa shape index (κ3) is 2.13. The highest BCUT2D eigenvalue weighted by Gasteiger charge is 2.36. The van der Waals surface area contributed by atoms with Gasteiger partial charge in [-0.2, -0.15) is 0 Å². The van der Waals surface area contributed by atoms with Gasteiger partial charge >= 0.3 is 0 Å². The first kappa shape index (κ1) is 11.6. The Balaban J connectivity index is 2.21. The van der Waals surface area contributed by atoms with E-state index in [4.69, 9.17) is 0 Å². The van der Waals surface area contributed by atoms with E-state index < -0.39 is 0 Å².